The van der Waals surface area contributed by atoms with Crippen LogP contribution in [0.1, 0.15) is 303 Å². The summed E-state index contributed by atoms with van der Waals surface area (Å²) in [5.74, 6) is -0.865. The van der Waals surface area contributed by atoms with Crippen LogP contribution in [-0.2, 0) is 28.6 Å². The quantitative estimate of drug-likeness (QED) is 0.0262. The summed E-state index contributed by atoms with van der Waals surface area (Å²) in [5.41, 5.74) is 0. The number of hydrogen-bond donors (Lipinski definition) is 0. The Labute approximate surface area is 392 Å². The third-order valence-corrected chi connectivity index (χ3v) is 12.4. The predicted octanol–water partition coefficient (Wildman–Crippen LogP) is 18.3. The van der Waals surface area contributed by atoms with E-state index in [1.807, 2.05) is 0 Å². The van der Waals surface area contributed by atoms with E-state index in [1.54, 1.807) is 0 Å². The van der Waals surface area contributed by atoms with Gasteiger partial charge in [0, 0.05) is 19.3 Å². The number of hydrogen-bond acceptors (Lipinski definition) is 6. The summed E-state index contributed by atoms with van der Waals surface area (Å²) in [6.07, 6.45) is 60.2. The van der Waals surface area contributed by atoms with Gasteiger partial charge in [-0.15, -0.1) is 0 Å². The normalized spacial score (nSPS) is 12.1. The average Bonchev–Trinajstić information content (AvgIpc) is 3.28. The van der Waals surface area contributed by atoms with Gasteiger partial charge in [0.2, 0.25) is 0 Å². The highest BCUT2D eigenvalue weighted by Gasteiger charge is 2.19. The van der Waals surface area contributed by atoms with E-state index in [9.17, 15) is 14.4 Å². The summed E-state index contributed by atoms with van der Waals surface area (Å²) < 4.78 is 16.8. The molecule has 6 nitrogen and oxygen atoms in total. The zero-order chi connectivity index (χ0) is 45.8. The van der Waals surface area contributed by atoms with E-state index in [-0.39, 0.29) is 31.1 Å². The molecule has 1 atom stereocenters. The summed E-state index contributed by atoms with van der Waals surface area (Å²) >= 11 is 0. The van der Waals surface area contributed by atoms with Gasteiger partial charge in [0.05, 0.1) is 0 Å². The van der Waals surface area contributed by atoms with Crippen molar-refractivity contribution in [2.24, 2.45) is 0 Å². The Bertz CT molecular complexity index is 1020. The molecule has 0 aliphatic heterocycles. The third-order valence-electron chi connectivity index (χ3n) is 12.4. The third kappa shape index (κ3) is 50.7. The summed E-state index contributed by atoms with van der Waals surface area (Å²) in [7, 11) is 0. The van der Waals surface area contributed by atoms with Crippen molar-refractivity contribution in [2.45, 2.75) is 309 Å². The molecule has 0 spiro atoms. The van der Waals surface area contributed by atoms with Gasteiger partial charge in [-0.2, -0.15) is 0 Å². The van der Waals surface area contributed by atoms with Gasteiger partial charge in [-0.25, -0.2) is 0 Å². The molecule has 0 aromatic rings. The molecule has 370 valence electrons. The van der Waals surface area contributed by atoms with E-state index in [1.165, 1.54) is 199 Å². The van der Waals surface area contributed by atoms with Gasteiger partial charge in [0.25, 0.3) is 0 Å². The second kappa shape index (κ2) is 52.5. The van der Waals surface area contributed by atoms with Crippen LogP contribution >= 0.6 is 0 Å². The number of carbonyl (C=O) groups is 3. The van der Waals surface area contributed by atoms with E-state index in [4.69, 9.17) is 14.2 Å². The van der Waals surface area contributed by atoms with Crippen molar-refractivity contribution in [2.75, 3.05) is 13.2 Å². The van der Waals surface area contributed by atoms with Crippen LogP contribution in [0.4, 0.5) is 0 Å². The summed E-state index contributed by atoms with van der Waals surface area (Å²) in [4.78, 5) is 38.0. The molecular formula is C57H106O6. The first kappa shape index (κ1) is 60.9. The first-order chi connectivity index (χ1) is 31.0. The van der Waals surface area contributed by atoms with E-state index >= 15 is 0 Å². The Morgan fingerprint density at radius 1 is 0.302 bits per heavy atom. The van der Waals surface area contributed by atoms with Crippen LogP contribution in [0.3, 0.4) is 0 Å². The zero-order valence-electron chi connectivity index (χ0n) is 42.4. The second-order valence-corrected chi connectivity index (χ2v) is 18.8. The fraction of sp³-hybridized carbons (Fsp3) is 0.877. The molecule has 0 heterocycles. The molecule has 6 heteroatoms. The van der Waals surface area contributed by atoms with Crippen LogP contribution in [0, 0.1) is 0 Å². The van der Waals surface area contributed by atoms with Gasteiger partial charge in [0.15, 0.2) is 6.10 Å². The Kier molecular flexibility index (Phi) is 50.8. The molecule has 0 aromatic carbocycles. The smallest absolute Gasteiger partial charge is 0.306 e. The molecule has 1 unspecified atom stereocenters. The van der Waals surface area contributed by atoms with Crippen LogP contribution in [0.2, 0.25) is 0 Å². The fourth-order valence-corrected chi connectivity index (χ4v) is 8.20. The molecule has 0 aliphatic rings. The molecule has 0 saturated heterocycles. The standard InChI is InChI=1S/C57H106O6/c1-4-7-10-13-16-19-22-25-27-28-29-30-31-33-35-38-41-44-47-50-56(59)62-53-54(52-61-55(58)49-46-43-40-37-34-24-21-18-15-12-9-6-3)63-57(60)51-48-45-42-39-36-32-26-23-20-17-14-11-8-5-2/h18,21,25,27,54H,4-17,19-20,22-24,26,28-53H2,1-3H3/b21-18-,27-25-. The van der Waals surface area contributed by atoms with Gasteiger partial charge in [-0.3, -0.25) is 14.4 Å². The topological polar surface area (TPSA) is 78.9 Å². The SMILES string of the molecule is CCCCC/C=C\CCCCCCCC(=O)OCC(COC(=O)CCCCCCCCCCC/C=C\CCCCCCCC)OC(=O)CCCCCCCCCCCCCCCC. The minimum Gasteiger partial charge on any atom is -0.462 e. The molecule has 0 saturated carbocycles. The maximum absolute atomic E-state index is 12.8. The molecule has 0 aromatic heterocycles. The number of ether oxygens (including phenoxy) is 3. The van der Waals surface area contributed by atoms with Gasteiger partial charge < -0.3 is 14.2 Å². The first-order valence-electron chi connectivity index (χ1n) is 27.8. The predicted molar refractivity (Wildman–Crippen MR) is 270 cm³/mol. The van der Waals surface area contributed by atoms with Crippen molar-refractivity contribution >= 4 is 17.9 Å². The highest BCUT2D eigenvalue weighted by molar-refractivity contribution is 5.71. The maximum atomic E-state index is 12.8. The lowest BCUT2D eigenvalue weighted by atomic mass is 10.0. The average molecular weight is 887 g/mol. The van der Waals surface area contributed by atoms with Gasteiger partial charge in [-0.05, 0) is 70.6 Å². The van der Waals surface area contributed by atoms with Crippen LogP contribution in [0.25, 0.3) is 0 Å². The van der Waals surface area contributed by atoms with Gasteiger partial charge in [-0.1, -0.05) is 238 Å². The van der Waals surface area contributed by atoms with Crippen molar-refractivity contribution in [3.05, 3.63) is 24.3 Å². The van der Waals surface area contributed by atoms with E-state index in [0.29, 0.717) is 19.3 Å². The highest BCUT2D eigenvalue weighted by atomic mass is 16.6. The van der Waals surface area contributed by atoms with Gasteiger partial charge >= 0.3 is 17.9 Å². The van der Waals surface area contributed by atoms with E-state index in [0.717, 1.165) is 64.2 Å². The highest BCUT2D eigenvalue weighted by Crippen LogP contribution is 2.16. The molecule has 0 aliphatic carbocycles. The first-order valence-corrected chi connectivity index (χ1v) is 27.8. The minimum atomic E-state index is -0.770. The maximum Gasteiger partial charge on any atom is 0.306 e. The van der Waals surface area contributed by atoms with Crippen molar-refractivity contribution in [1.82, 2.24) is 0 Å². The molecule has 63 heavy (non-hydrogen) atoms. The molecular weight excluding hydrogens is 781 g/mol. The van der Waals surface area contributed by atoms with Crippen molar-refractivity contribution in [1.29, 1.82) is 0 Å². The molecule has 0 fully saturated rings. The molecule has 0 N–H and O–H groups in total. The molecule has 0 bridgehead atoms. The largest absolute Gasteiger partial charge is 0.462 e. The van der Waals surface area contributed by atoms with Crippen LogP contribution in [0.5, 0.6) is 0 Å². The second-order valence-electron chi connectivity index (χ2n) is 18.8. The van der Waals surface area contributed by atoms with Crippen LogP contribution in [0.15, 0.2) is 24.3 Å². The number of unbranched alkanes of at least 4 members (excludes halogenated alkanes) is 36. The monoisotopic (exact) mass is 887 g/mol. The lowest BCUT2D eigenvalue weighted by Gasteiger charge is -2.18. The fourth-order valence-electron chi connectivity index (χ4n) is 8.20. The van der Waals surface area contributed by atoms with Gasteiger partial charge in [0.1, 0.15) is 13.2 Å². The summed E-state index contributed by atoms with van der Waals surface area (Å²) in [6, 6.07) is 0. The number of esters is 3. The Morgan fingerprint density at radius 3 is 0.825 bits per heavy atom. The number of allylic oxidation sites excluding steroid dienone is 4. The van der Waals surface area contributed by atoms with E-state index < -0.39 is 6.10 Å². The Hall–Kier alpha value is -2.11. The summed E-state index contributed by atoms with van der Waals surface area (Å²) in [6.45, 7) is 6.64. The molecule has 0 amide bonds. The zero-order valence-corrected chi connectivity index (χ0v) is 42.4. The van der Waals surface area contributed by atoms with Crippen LogP contribution in [-0.4, -0.2) is 37.2 Å². The molecule has 0 rings (SSSR count). The van der Waals surface area contributed by atoms with Crippen molar-refractivity contribution in [3.8, 4) is 0 Å². The summed E-state index contributed by atoms with van der Waals surface area (Å²) in [5, 5.41) is 0. The lowest BCUT2D eigenvalue weighted by Crippen LogP contribution is -2.30. The van der Waals surface area contributed by atoms with Crippen molar-refractivity contribution < 1.29 is 28.6 Å². The Balaban J connectivity index is 4.30. The number of carbonyl (C=O) groups excluding carboxylic acids is 3. The Morgan fingerprint density at radius 2 is 0.524 bits per heavy atom. The number of rotatable bonds is 51. The van der Waals surface area contributed by atoms with Crippen molar-refractivity contribution in [3.63, 3.8) is 0 Å². The minimum absolute atomic E-state index is 0.0709. The lowest BCUT2D eigenvalue weighted by molar-refractivity contribution is -0.167. The molecule has 0 radical (unpaired) electrons. The van der Waals surface area contributed by atoms with E-state index in [2.05, 4.69) is 45.1 Å². The van der Waals surface area contributed by atoms with Crippen LogP contribution < -0.4 is 0 Å².